The Hall–Kier alpha value is -1.51. The Balaban J connectivity index is 2.50. The fraction of sp³-hybridized carbons (Fsp3) is 0.500. The van der Waals surface area contributed by atoms with Crippen molar-refractivity contribution in [3.05, 3.63) is 29.3 Å². The zero-order chi connectivity index (χ0) is 12.5. The van der Waals surface area contributed by atoms with Gasteiger partial charge in [-0.1, -0.05) is 25.8 Å². The number of carboxylic acids is 1. The highest BCUT2D eigenvalue weighted by atomic mass is 16.4. The highest BCUT2D eigenvalue weighted by molar-refractivity contribution is 5.82. The summed E-state index contributed by atoms with van der Waals surface area (Å²) in [6, 6.07) is 5.24. The van der Waals surface area contributed by atoms with E-state index in [1.165, 1.54) is 0 Å². The maximum Gasteiger partial charge on any atom is 0.314 e. The number of benzene rings is 1. The number of carbonyl (C=O) groups is 1. The molecule has 1 aliphatic carbocycles. The number of hydrogen-bond acceptors (Lipinski definition) is 2. The molecule has 2 N–H and O–H groups in total. The number of rotatable bonds is 3. The Morgan fingerprint density at radius 3 is 2.47 bits per heavy atom. The molecule has 17 heavy (non-hydrogen) atoms. The molecule has 3 heteroatoms. The van der Waals surface area contributed by atoms with Crippen molar-refractivity contribution in [3.63, 3.8) is 0 Å². The molecule has 3 nitrogen and oxygen atoms in total. The third-order valence-corrected chi connectivity index (χ3v) is 3.80. The molecule has 0 radical (unpaired) electrons. The number of aryl methyl sites for hydroxylation is 1. The van der Waals surface area contributed by atoms with Gasteiger partial charge >= 0.3 is 5.97 Å². The first kappa shape index (κ1) is 12.0. The van der Waals surface area contributed by atoms with Crippen molar-refractivity contribution in [1.29, 1.82) is 0 Å². The third-order valence-electron chi connectivity index (χ3n) is 3.80. The van der Waals surface area contributed by atoms with Gasteiger partial charge in [0, 0.05) is 0 Å². The molecule has 0 bridgehead atoms. The molecule has 0 atom stereocenters. The van der Waals surface area contributed by atoms with Crippen LogP contribution in [0.25, 0.3) is 0 Å². The van der Waals surface area contributed by atoms with Gasteiger partial charge in [0.15, 0.2) is 0 Å². The van der Waals surface area contributed by atoms with Crippen LogP contribution in [0.1, 0.15) is 43.7 Å². The van der Waals surface area contributed by atoms with Crippen LogP contribution in [0, 0.1) is 0 Å². The molecule has 0 amide bonds. The molecule has 1 fully saturated rings. The van der Waals surface area contributed by atoms with Crippen molar-refractivity contribution in [3.8, 4) is 5.75 Å². The molecule has 0 saturated heterocycles. The van der Waals surface area contributed by atoms with Gasteiger partial charge in [-0.3, -0.25) is 4.79 Å². The van der Waals surface area contributed by atoms with Crippen molar-refractivity contribution >= 4 is 5.97 Å². The lowest BCUT2D eigenvalue weighted by Crippen LogP contribution is -2.32. The van der Waals surface area contributed by atoms with E-state index in [1.54, 1.807) is 12.1 Å². The SMILES string of the molecule is CCc1cc(O)cc(C2(C(=O)O)CCCC2)c1. The zero-order valence-electron chi connectivity index (χ0n) is 10.1. The molecule has 1 aromatic rings. The van der Waals surface area contributed by atoms with E-state index in [1.807, 2.05) is 13.0 Å². The average Bonchev–Trinajstić information content (AvgIpc) is 2.78. The summed E-state index contributed by atoms with van der Waals surface area (Å²) in [5.41, 5.74) is 0.981. The Labute approximate surface area is 101 Å². The molecular formula is C14H18O3. The fourth-order valence-corrected chi connectivity index (χ4v) is 2.76. The van der Waals surface area contributed by atoms with E-state index in [0.717, 1.165) is 30.4 Å². The van der Waals surface area contributed by atoms with Gasteiger partial charge in [-0.2, -0.15) is 0 Å². The van der Waals surface area contributed by atoms with Gasteiger partial charge in [-0.25, -0.2) is 0 Å². The van der Waals surface area contributed by atoms with Crippen LogP contribution in [0.5, 0.6) is 5.75 Å². The van der Waals surface area contributed by atoms with Crippen molar-refractivity contribution in [1.82, 2.24) is 0 Å². The predicted molar refractivity (Wildman–Crippen MR) is 65.3 cm³/mol. The van der Waals surface area contributed by atoms with Gasteiger partial charge in [-0.15, -0.1) is 0 Å². The van der Waals surface area contributed by atoms with Gasteiger partial charge in [-0.05, 0) is 42.5 Å². The monoisotopic (exact) mass is 234 g/mol. The Bertz CT molecular complexity index is 431. The van der Waals surface area contributed by atoms with E-state index in [4.69, 9.17) is 0 Å². The van der Waals surface area contributed by atoms with E-state index in [-0.39, 0.29) is 5.75 Å². The Morgan fingerprint density at radius 1 is 1.29 bits per heavy atom. The maximum absolute atomic E-state index is 11.6. The summed E-state index contributed by atoms with van der Waals surface area (Å²) in [7, 11) is 0. The molecule has 1 aliphatic rings. The molecular weight excluding hydrogens is 216 g/mol. The fourth-order valence-electron chi connectivity index (χ4n) is 2.76. The Morgan fingerprint density at radius 2 is 1.94 bits per heavy atom. The standard InChI is InChI=1S/C14H18O3/c1-2-10-7-11(9-12(15)8-10)14(13(16)17)5-3-4-6-14/h7-9,15H,2-6H2,1H3,(H,16,17). The Kier molecular flexibility index (Phi) is 3.09. The molecule has 0 spiro atoms. The minimum Gasteiger partial charge on any atom is -0.508 e. The number of phenols is 1. The zero-order valence-corrected chi connectivity index (χ0v) is 10.1. The first-order chi connectivity index (χ1) is 8.08. The van der Waals surface area contributed by atoms with Crippen LogP contribution >= 0.6 is 0 Å². The van der Waals surface area contributed by atoms with E-state index >= 15 is 0 Å². The van der Waals surface area contributed by atoms with Crippen LogP contribution in [0.3, 0.4) is 0 Å². The minimum absolute atomic E-state index is 0.173. The number of phenolic OH excluding ortho intramolecular Hbond substituents is 1. The lowest BCUT2D eigenvalue weighted by atomic mass is 9.78. The minimum atomic E-state index is -0.775. The summed E-state index contributed by atoms with van der Waals surface area (Å²) in [5, 5.41) is 19.2. The average molecular weight is 234 g/mol. The lowest BCUT2D eigenvalue weighted by Gasteiger charge is -2.25. The second-order valence-electron chi connectivity index (χ2n) is 4.84. The number of hydrogen-bond donors (Lipinski definition) is 2. The third kappa shape index (κ3) is 2.02. The van der Waals surface area contributed by atoms with Crippen LogP contribution < -0.4 is 0 Å². The molecule has 92 valence electrons. The largest absolute Gasteiger partial charge is 0.508 e. The van der Waals surface area contributed by atoms with Crippen LogP contribution in [-0.4, -0.2) is 16.2 Å². The van der Waals surface area contributed by atoms with Crippen LogP contribution in [0.2, 0.25) is 0 Å². The van der Waals surface area contributed by atoms with Gasteiger partial charge in [0.25, 0.3) is 0 Å². The topological polar surface area (TPSA) is 57.5 Å². The number of aliphatic carboxylic acids is 1. The number of carboxylic acid groups (broad SMARTS) is 1. The second kappa shape index (κ2) is 4.40. The predicted octanol–water partition coefficient (Wildman–Crippen LogP) is 2.85. The summed E-state index contributed by atoms with van der Waals surface area (Å²) < 4.78 is 0. The molecule has 0 aliphatic heterocycles. The van der Waals surface area contributed by atoms with E-state index in [0.29, 0.717) is 12.8 Å². The lowest BCUT2D eigenvalue weighted by molar-refractivity contribution is -0.143. The van der Waals surface area contributed by atoms with Crippen molar-refractivity contribution in [2.75, 3.05) is 0 Å². The first-order valence-corrected chi connectivity index (χ1v) is 6.15. The highest BCUT2D eigenvalue weighted by Gasteiger charge is 2.43. The summed E-state index contributed by atoms with van der Waals surface area (Å²) in [6.45, 7) is 2.00. The summed E-state index contributed by atoms with van der Waals surface area (Å²) >= 11 is 0. The molecule has 2 rings (SSSR count). The van der Waals surface area contributed by atoms with Crippen LogP contribution in [0.15, 0.2) is 18.2 Å². The van der Waals surface area contributed by atoms with Crippen molar-refractivity contribution in [2.24, 2.45) is 0 Å². The van der Waals surface area contributed by atoms with Crippen molar-refractivity contribution < 1.29 is 15.0 Å². The quantitative estimate of drug-likeness (QED) is 0.845. The van der Waals surface area contributed by atoms with E-state index < -0.39 is 11.4 Å². The van der Waals surface area contributed by atoms with E-state index in [9.17, 15) is 15.0 Å². The molecule has 1 saturated carbocycles. The van der Waals surface area contributed by atoms with Crippen LogP contribution in [-0.2, 0) is 16.6 Å². The second-order valence-corrected chi connectivity index (χ2v) is 4.84. The highest BCUT2D eigenvalue weighted by Crippen LogP contribution is 2.42. The number of aromatic hydroxyl groups is 1. The maximum atomic E-state index is 11.6. The summed E-state index contributed by atoms with van der Waals surface area (Å²) in [4.78, 5) is 11.6. The summed E-state index contributed by atoms with van der Waals surface area (Å²) in [5.74, 6) is -0.588. The normalized spacial score (nSPS) is 18.2. The molecule has 0 unspecified atom stereocenters. The van der Waals surface area contributed by atoms with Crippen molar-refractivity contribution in [2.45, 2.75) is 44.4 Å². The van der Waals surface area contributed by atoms with Crippen LogP contribution in [0.4, 0.5) is 0 Å². The molecule has 0 heterocycles. The molecule has 0 aromatic heterocycles. The van der Waals surface area contributed by atoms with Gasteiger partial charge < -0.3 is 10.2 Å². The van der Waals surface area contributed by atoms with Gasteiger partial charge in [0.2, 0.25) is 0 Å². The van der Waals surface area contributed by atoms with E-state index in [2.05, 4.69) is 0 Å². The molecule has 1 aromatic carbocycles. The van der Waals surface area contributed by atoms with Gasteiger partial charge in [0.05, 0.1) is 5.41 Å². The first-order valence-electron chi connectivity index (χ1n) is 6.15. The smallest absolute Gasteiger partial charge is 0.314 e. The van der Waals surface area contributed by atoms with Gasteiger partial charge in [0.1, 0.15) is 5.75 Å². The summed E-state index contributed by atoms with van der Waals surface area (Å²) in [6.07, 6.45) is 4.05.